The summed E-state index contributed by atoms with van der Waals surface area (Å²) in [6.07, 6.45) is 23.8. The SMILES string of the molecule is CC[C@H](/C=C/[C@@H](C)[C@H]1CC[C@H]2[C@@H]3CC=C4C[C]CC[C@]4(C)[C@H]3CC[C@]12C)C(C)C. The molecule has 4 aliphatic carbocycles. The van der Waals surface area contributed by atoms with Gasteiger partial charge in [0.2, 0.25) is 0 Å². The molecule has 3 saturated carbocycles. The number of allylic oxidation sites excluding steroid dienone is 4. The van der Waals surface area contributed by atoms with Crippen molar-refractivity contribution in [1.82, 2.24) is 0 Å². The number of hydrogen-bond acceptors (Lipinski definition) is 0. The Hall–Kier alpha value is -0.520. The smallest absolute Gasteiger partial charge is 0.00849 e. The fourth-order valence-electron chi connectivity index (χ4n) is 8.53. The third kappa shape index (κ3) is 3.59. The lowest BCUT2D eigenvalue weighted by atomic mass is 9.47. The van der Waals surface area contributed by atoms with E-state index in [1.165, 1.54) is 51.4 Å². The molecular formula is C29H46. The van der Waals surface area contributed by atoms with Crippen LogP contribution in [0, 0.1) is 58.7 Å². The second kappa shape index (κ2) is 8.20. The molecule has 0 amide bonds. The lowest BCUT2D eigenvalue weighted by molar-refractivity contribution is -0.0444. The maximum Gasteiger partial charge on any atom is -0.00849 e. The first kappa shape index (κ1) is 21.7. The molecule has 0 aromatic heterocycles. The first-order chi connectivity index (χ1) is 13.8. The van der Waals surface area contributed by atoms with E-state index in [2.05, 4.69) is 66.2 Å². The van der Waals surface area contributed by atoms with Crippen LogP contribution in [0.1, 0.15) is 99.3 Å². The van der Waals surface area contributed by atoms with Crippen molar-refractivity contribution in [1.29, 1.82) is 0 Å². The van der Waals surface area contributed by atoms with E-state index in [9.17, 15) is 0 Å². The second-order valence-electron chi connectivity index (χ2n) is 12.0. The first-order valence-electron chi connectivity index (χ1n) is 12.9. The van der Waals surface area contributed by atoms with Gasteiger partial charge in [0.05, 0.1) is 0 Å². The van der Waals surface area contributed by atoms with Gasteiger partial charge in [-0.2, -0.15) is 0 Å². The summed E-state index contributed by atoms with van der Waals surface area (Å²) in [7, 11) is 0. The van der Waals surface area contributed by atoms with Crippen molar-refractivity contribution in [3.8, 4) is 0 Å². The van der Waals surface area contributed by atoms with Gasteiger partial charge in [-0.05, 0) is 116 Å². The number of rotatable bonds is 5. The Balaban J connectivity index is 1.52. The zero-order chi connectivity index (χ0) is 20.8. The average Bonchev–Trinajstić information content (AvgIpc) is 3.05. The van der Waals surface area contributed by atoms with E-state index in [1.54, 1.807) is 5.57 Å². The summed E-state index contributed by atoms with van der Waals surface area (Å²) in [6.45, 7) is 14.9. The van der Waals surface area contributed by atoms with Crippen LogP contribution in [0.15, 0.2) is 23.8 Å². The van der Waals surface area contributed by atoms with Crippen LogP contribution in [-0.4, -0.2) is 0 Å². The predicted octanol–water partition coefficient (Wildman–Crippen LogP) is 8.52. The summed E-state index contributed by atoms with van der Waals surface area (Å²) in [5.74, 6) is 5.98. The van der Waals surface area contributed by atoms with Crippen LogP contribution in [0.5, 0.6) is 0 Å². The third-order valence-corrected chi connectivity index (χ3v) is 10.5. The third-order valence-electron chi connectivity index (χ3n) is 10.5. The van der Waals surface area contributed by atoms with Crippen LogP contribution in [0.25, 0.3) is 0 Å². The minimum atomic E-state index is 0.491. The van der Waals surface area contributed by atoms with Crippen molar-refractivity contribution in [2.75, 3.05) is 0 Å². The largest absolute Gasteiger partial charge is 0.0851 e. The van der Waals surface area contributed by atoms with Crippen LogP contribution >= 0.6 is 0 Å². The quantitative estimate of drug-likeness (QED) is 0.410. The molecular weight excluding hydrogens is 348 g/mol. The molecule has 0 unspecified atom stereocenters. The van der Waals surface area contributed by atoms with Gasteiger partial charge in [-0.1, -0.05) is 65.3 Å². The maximum atomic E-state index is 3.64. The Morgan fingerprint density at radius 2 is 1.86 bits per heavy atom. The summed E-state index contributed by atoms with van der Waals surface area (Å²) < 4.78 is 0. The second-order valence-corrected chi connectivity index (χ2v) is 12.0. The molecule has 162 valence electrons. The summed E-state index contributed by atoms with van der Waals surface area (Å²) >= 11 is 0. The van der Waals surface area contributed by atoms with E-state index in [1.807, 2.05) is 0 Å². The van der Waals surface area contributed by atoms with E-state index in [0.29, 0.717) is 10.8 Å². The molecule has 0 saturated heterocycles. The molecule has 0 spiro atoms. The van der Waals surface area contributed by atoms with Gasteiger partial charge in [0.1, 0.15) is 0 Å². The van der Waals surface area contributed by atoms with Crippen molar-refractivity contribution >= 4 is 0 Å². The van der Waals surface area contributed by atoms with Crippen LogP contribution < -0.4 is 0 Å². The summed E-state index contributed by atoms with van der Waals surface area (Å²) in [5, 5.41) is 0. The van der Waals surface area contributed by atoms with Crippen molar-refractivity contribution in [2.45, 2.75) is 99.3 Å². The van der Waals surface area contributed by atoms with Crippen molar-refractivity contribution < 1.29 is 0 Å². The van der Waals surface area contributed by atoms with Crippen LogP contribution in [-0.2, 0) is 0 Å². The van der Waals surface area contributed by atoms with Gasteiger partial charge in [-0.15, -0.1) is 0 Å². The van der Waals surface area contributed by atoms with E-state index in [0.717, 1.165) is 47.8 Å². The highest BCUT2D eigenvalue weighted by Gasteiger charge is 2.58. The predicted molar refractivity (Wildman–Crippen MR) is 125 cm³/mol. The highest BCUT2D eigenvalue weighted by molar-refractivity contribution is 5.26. The molecule has 0 aromatic carbocycles. The summed E-state index contributed by atoms with van der Waals surface area (Å²) in [6, 6.07) is 0. The molecule has 3 fully saturated rings. The minimum Gasteiger partial charge on any atom is -0.0851 e. The molecule has 0 aliphatic heterocycles. The van der Waals surface area contributed by atoms with Gasteiger partial charge < -0.3 is 0 Å². The van der Waals surface area contributed by atoms with Gasteiger partial charge in [0.15, 0.2) is 0 Å². The van der Waals surface area contributed by atoms with Crippen molar-refractivity contribution in [3.05, 3.63) is 30.2 Å². The lowest BCUT2D eigenvalue weighted by Gasteiger charge is -2.58. The minimum absolute atomic E-state index is 0.491. The van der Waals surface area contributed by atoms with Crippen molar-refractivity contribution in [2.24, 2.45) is 52.3 Å². The Morgan fingerprint density at radius 1 is 1.07 bits per heavy atom. The summed E-state index contributed by atoms with van der Waals surface area (Å²) in [5.41, 5.74) is 2.81. The Kier molecular flexibility index (Phi) is 6.14. The van der Waals surface area contributed by atoms with Gasteiger partial charge in [-0.25, -0.2) is 0 Å². The molecule has 0 aromatic rings. The van der Waals surface area contributed by atoms with Gasteiger partial charge in [0, 0.05) is 0 Å². The van der Waals surface area contributed by atoms with E-state index >= 15 is 0 Å². The highest BCUT2D eigenvalue weighted by Crippen LogP contribution is 2.67. The maximum absolute atomic E-state index is 3.64. The Bertz CT molecular complexity index is 638. The molecule has 4 aliphatic rings. The van der Waals surface area contributed by atoms with Gasteiger partial charge >= 0.3 is 0 Å². The first-order valence-corrected chi connectivity index (χ1v) is 12.9. The van der Waals surface area contributed by atoms with Crippen molar-refractivity contribution in [3.63, 3.8) is 0 Å². The lowest BCUT2D eigenvalue weighted by Crippen LogP contribution is -2.50. The Morgan fingerprint density at radius 3 is 2.59 bits per heavy atom. The average molecular weight is 395 g/mol. The molecule has 2 radical (unpaired) electrons. The molecule has 29 heavy (non-hydrogen) atoms. The number of fused-ring (bicyclic) bond motifs is 5. The molecule has 8 atom stereocenters. The Labute approximate surface area is 182 Å². The highest BCUT2D eigenvalue weighted by atomic mass is 14.6. The zero-order valence-electron chi connectivity index (χ0n) is 20.1. The van der Waals surface area contributed by atoms with Crippen LogP contribution in [0.2, 0.25) is 0 Å². The fourth-order valence-corrected chi connectivity index (χ4v) is 8.53. The number of hydrogen-bond donors (Lipinski definition) is 0. The normalized spacial score (nSPS) is 44.2. The molecule has 0 N–H and O–H groups in total. The fraction of sp³-hybridized carbons (Fsp3) is 0.828. The monoisotopic (exact) mass is 394 g/mol. The van der Waals surface area contributed by atoms with Gasteiger partial charge in [0.25, 0.3) is 0 Å². The topological polar surface area (TPSA) is 0 Å². The van der Waals surface area contributed by atoms with E-state index < -0.39 is 0 Å². The van der Waals surface area contributed by atoms with Crippen LogP contribution in [0.4, 0.5) is 0 Å². The zero-order valence-corrected chi connectivity index (χ0v) is 20.1. The molecule has 0 heterocycles. The molecule has 0 heteroatoms. The molecule has 0 nitrogen and oxygen atoms in total. The van der Waals surface area contributed by atoms with Crippen LogP contribution in [0.3, 0.4) is 0 Å². The molecule has 4 rings (SSSR count). The summed E-state index contributed by atoms with van der Waals surface area (Å²) in [4.78, 5) is 0. The molecule has 0 bridgehead atoms. The standard InChI is InChI=1S/C29H46/c1-7-22(20(2)3)12-11-21(4)25-15-16-26-24-14-13-23-10-8-9-18-28(23,5)27(24)17-19-29(25,26)6/h11-13,20-22,24-27H,7,9-10,14-19H2,1-6H3/b12-11+/t21-,22-,24+,25-,26+,27+,28+,29-/m1/s1. The van der Waals surface area contributed by atoms with E-state index in [-0.39, 0.29) is 0 Å². The van der Waals surface area contributed by atoms with Gasteiger partial charge in [-0.3, -0.25) is 0 Å². The van der Waals surface area contributed by atoms with E-state index in [4.69, 9.17) is 0 Å².